The minimum Gasteiger partial charge on any atom is -0.370 e. The molecule has 1 aliphatic rings. The minimum absolute atomic E-state index is 0.498. The highest BCUT2D eigenvalue weighted by Gasteiger charge is 2.34. The summed E-state index contributed by atoms with van der Waals surface area (Å²) in [6.07, 6.45) is 18.9. The van der Waals surface area contributed by atoms with Crippen LogP contribution in [0.5, 0.6) is 0 Å². The summed E-state index contributed by atoms with van der Waals surface area (Å²) in [5, 5.41) is 13.6. The summed E-state index contributed by atoms with van der Waals surface area (Å²) in [5.41, 5.74) is 2.62. The SMILES string of the molecule is CCCCCNc1cc(C2CCC2c2ccccc2)nc(NCCCCC)n1.CCCCCNc1ccnc(NCCCCC)n1. The lowest BCUT2D eigenvalue weighted by atomic mass is 9.68. The van der Waals surface area contributed by atoms with Crippen LogP contribution in [0.3, 0.4) is 0 Å². The Hall–Kier alpha value is -3.42. The molecule has 2 aromatic heterocycles. The van der Waals surface area contributed by atoms with Crippen molar-refractivity contribution in [2.24, 2.45) is 0 Å². The highest BCUT2D eigenvalue weighted by atomic mass is 15.1. The highest BCUT2D eigenvalue weighted by Crippen LogP contribution is 2.48. The smallest absolute Gasteiger partial charge is 0.224 e. The number of hydrogen-bond acceptors (Lipinski definition) is 8. The number of anilines is 4. The molecule has 254 valence electrons. The van der Waals surface area contributed by atoms with E-state index in [9.17, 15) is 0 Å². The summed E-state index contributed by atoms with van der Waals surface area (Å²) in [6.45, 7) is 12.7. The van der Waals surface area contributed by atoms with E-state index in [2.05, 4.69) is 95.3 Å². The third-order valence-electron chi connectivity index (χ3n) is 8.58. The Labute approximate surface area is 279 Å². The summed E-state index contributed by atoms with van der Waals surface area (Å²) < 4.78 is 0. The van der Waals surface area contributed by atoms with Crippen LogP contribution >= 0.6 is 0 Å². The molecule has 0 bridgehead atoms. The van der Waals surface area contributed by atoms with E-state index in [1.165, 1.54) is 101 Å². The number of nitrogens with one attached hydrogen (secondary N) is 4. The van der Waals surface area contributed by atoms with E-state index in [1.807, 2.05) is 6.07 Å². The highest BCUT2D eigenvalue weighted by molar-refractivity contribution is 5.45. The van der Waals surface area contributed by atoms with E-state index >= 15 is 0 Å². The van der Waals surface area contributed by atoms with E-state index in [-0.39, 0.29) is 0 Å². The maximum Gasteiger partial charge on any atom is 0.224 e. The second kappa shape index (κ2) is 23.0. The van der Waals surface area contributed by atoms with Crippen molar-refractivity contribution in [1.82, 2.24) is 19.9 Å². The van der Waals surface area contributed by atoms with Gasteiger partial charge in [0.1, 0.15) is 11.6 Å². The van der Waals surface area contributed by atoms with Crippen molar-refractivity contribution >= 4 is 23.5 Å². The summed E-state index contributed by atoms with van der Waals surface area (Å²) in [4.78, 5) is 18.3. The molecule has 1 aliphatic carbocycles. The van der Waals surface area contributed by atoms with Crippen molar-refractivity contribution < 1.29 is 0 Å². The first kappa shape index (κ1) is 37.0. The summed E-state index contributed by atoms with van der Waals surface area (Å²) in [5.74, 6) is 4.48. The molecule has 0 aliphatic heterocycles. The van der Waals surface area contributed by atoms with Gasteiger partial charge in [-0.15, -0.1) is 0 Å². The van der Waals surface area contributed by atoms with Crippen molar-refractivity contribution in [2.45, 2.75) is 129 Å². The molecule has 4 rings (SSSR count). The number of aromatic nitrogens is 4. The van der Waals surface area contributed by atoms with Gasteiger partial charge in [-0.3, -0.25) is 0 Å². The van der Waals surface area contributed by atoms with Gasteiger partial charge in [0.05, 0.1) is 5.69 Å². The molecule has 2 atom stereocenters. The van der Waals surface area contributed by atoms with Crippen molar-refractivity contribution in [3.05, 3.63) is 59.9 Å². The zero-order valence-electron chi connectivity index (χ0n) is 29.3. The maximum atomic E-state index is 4.91. The fourth-order valence-corrected chi connectivity index (χ4v) is 5.65. The third kappa shape index (κ3) is 13.9. The molecule has 1 saturated carbocycles. The molecule has 1 aromatic carbocycles. The third-order valence-corrected chi connectivity index (χ3v) is 8.58. The Morgan fingerprint density at radius 2 is 1.07 bits per heavy atom. The topological polar surface area (TPSA) is 99.7 Å². The van der Waals surface area contributed by atoms with E-state index in [0.29, 0.717) is 11.8 Å². The Morgan fingerprint density at radius 3 is 1.63 bits per heavy atom. The maximum absolute atomic E-state index is 4.91. The molecule has 2 unspecified atom stereocenters. The van der Waals surface area contributed by atoms with Crippen LogP contribution < -0.4 is 21.3 Å². The fraction of sp³-hybridized carbons (Fsp3) is 0.632. The number of unbranched alkanes of at least 4 members (excludes halogenated alkanes) is 8. The van der Waals surface area contributed by atoms with Gasteiger partial charge in [-0.2, -0.15) is 9.97 Å². The molecule has 2 heterocycles. The van der Waals surface area contributed by atoms with Crippen molar-refractivity contribution in [3.63, 3.8) is 0 Å². The molecule has 8 nitrogen and oxygen atoms in total. The van der Waals surface area contributed by atoms with E-state index < -0.39 is 0 Å². The Morgan fingerprint density at radius 1 is 0.543 bits per heavy atom. The van der Waals surface area contributed by atoms with Gasteiger partial charge in [0.15, 0.2) is 0 Å². The van der Waals surface area contributed by atoms with Gasteiger partial charge in [0, 0.05) is 44.4 Å². The minimum atomic E-state index is 0.498. The first-order valence-electron chi connectivity index (χ1n) is 18.4. The van der Waals surface area contributed by atoms with Crippen molar-refractivity contribution in [3.8, 4) is 0 Å². The van der Waals surface area contributed by atoms with Gasteiger partial charge in [-0.25, -0.2) is 9.97 Å². The van der Waals surface area contributed by atoms with E-state index in [0.717, 1.165) is 49.7 Å². The van der Waals surface area contributed by atoms with Crippen LogP contribution in [-0.2, 0) is 0 Å². The van der Waals surface area contributed by atoms with Crippen LogP contribution in [0.4, 0.5) is 23.5 Å². The van der Waals surface area contributed by atoms with Gasteiger partial charge in [0.2, 0.25) is 11.9 Å². The lowest BCUT2D eigenvalue weighted by Gasteiger charge is -2.37. The summed E-state index contributed by atoms with van der Waals surface area (Å²) >= 11 is 0. The first-order valence-corrected chi connectivity index (χ1v) is 18.4. The Kier molecular flexibility index (Phi) is 18.5. The largest absolute Gasteiger partial charge is 0.370 e. The van der Waals surface area contributed by atoms with Crippen LogP contribution in [0.25, 0.3) is 0 Å². The molecule has 4 N–H and O–H groups in total. The molecule has 8 heteroatoms. The van der Waals surface area contributed by atoms with Gasteiger partial charge in [-0.1, -0.05) is 109 Å². The van der Waals surface area contributed by atoms with Crippen LogP contribution in [-0.4, -0.2) is 46.1 Å². The number of hydrogen-bond donors (Lipinski definition) is 4. The van der Waals surface area contributed by atoms with Crippen LogP contribution in [0.1, 0.15) is 141 Å². The lowest BCUT2D eigenvalue weighted by Crippen LogP contribution is -2.24. The molecule has 1 fully saturated rings. The lowest BCUT2D eigenvalue weighted by molar-refractivity contribution is 0.340. The molecule has 0 radical (unpaired) electrons. The first-order chi connectivity index (χ1) is 22.7. The van der Waals surface area contributed by atoms with Gasteiger partial charge in [-0.05, 0) is 56.1 Å². The predicted molar refractivity (Wildman–Crippen MR) is 197 cm³/mol. The van der Waals surface area contributed by atoms with E-state index in [4.69, 9.17) is 9.97 Å². The average Bonchev–Trinajstić information content (AvgIpc) is 3.06. The second-order valence-electron chi connectivity index (χ2n) is 12.5. The summed E-state index contributed by atoms with van der Waals surface area (Å²) in [6, 6.07) is 15.0. The Balaban J connectivity index is 0.000000277. The molecular weight excluding hydrogens is 568 g/mol. The Bertz CT molecular complexity index is 1130. The molecule has 0 amide bonds. The zero-order valence-corrected chi connectivity index (χ0v) is 29.3. The van der Waals surface area contributed by atoms with Crippen LogP contribution in [0, 0.1) is 0 Å². The van der Waals surface area contributed by atoms with Gasteiger partial charge >= 0.3 is 0 Å². The number of benzene rings is 1. The molecule has 0 saturated heterocycles. The molecule has 0 spiro atoms. The van der Waals surface area contributed by atoms with Crippen LogP contribution in [0.15, 0.2) is 48.7 Å². The predicted octanol–water partition coefficient (Wildman–Crippen LogP) is 10.0. The molecule has 46 heavy (non-hydrogen) atoms. The van der Waals surface area contributed by atoms with Gasteiger partial charge < -0.3 is 21.3 Å². The standard InChI is InChI=1S/C24H36N4.C14H26N4/c1-3-5-10-16-25-23-18-22(27-24(28-23)26-17-11-6-4-2)21-15-14-20(21)19-12-8-7-9-13-19;1-3-5-7-10-15-13-9-12-17-14(18-13)16-11-8-6-4-2/h7-9,12-13,18,20-21H,3-6,10-11,14-17H2,1-2H3,(H2,25,26,27,28);9,12H,3-8,10-11H2,1-2H3,(H2,15,16,17,18). The molecular formula is C38H62N8. The monoisotopic (exact) mass is 631 g/mol. The normalized spacial score (nSPS) is 15.3. The second-order valence-corrected chi connectivity index (χ2v) is 12.5. The summed E-state index contributed by atoms with van der Waals surface area (Å²) in [7, 11) is 0. The number of nitrogens with zero attached hydrogens (tertiary/aromatic N) is 4. The zero-order chi connectivity index (χ0) is 32.7. The van der Waals surface area contributed by atoms with Crippen molar-refractivity contribution in [1.29, 1.82) is 0 Å². The van der Waals surface area contributed by atoms with Crippen molar-refractivity contribution in [2.75, 3.05) is 47.4 Å². The average molecular weight is 631 g/mol. The van der Waals surface area contributed by atoms with Gasteiger partial charge in [0.25, 0.3) is 0 Å². The fourth-order valence-electron chi connectivity index (χ4n) is 5.65. The molecule has 3 aromatic rings. The van der Waals surface area contributed by atoms with E-state index in [1.54, 1.807) is 6.20 Å². The quantitative estimate of drug-likeness (QED) is 0.0814. The number of rotatable bonds is 22. The van der Waals surface area contributed by atoms with Crippen LogP contribution in [0.2, 0.25) is 0 Å².